The first kappa shape index (κ1) is 17.6. The van der Waals surface area contributed by atoms with Gasteiger partial charge in [0.05, 0.1) is 6.61 Å². The highest BCUT2D eigenvalue weighted by atomic mass is 16.4. The molecule has 0 spiro atoms. The third-order valence-corrected chi connectivity index (χ3v) is 1.24. The molecule has 0 aliphatic rings. The maximum Gasteiger partial charge on any atom is 0.380 e. The van der Waals surface area contributed by atoms with E-state index in [2.05, 4.69) is 0 Å². The fourth-order valence-corrected chi connectivity index (χ4v) is 0.514. The average molecular weight is 252 g/mol. The Morgan fingerprint density at radius 3 is 1.65 bits per heavy atom. The number of carboxylic acid groups (broad SMARTS) is 2. The van der Waals surface area contributed by atoms with Crippen LogP contribution < -0.4 is 0 Å². The van der Waals surface area contributed by atoms with E-state index >= 15 is 0 Å². The van der Waals surface area contributed by atoms with E-state index in [1.54, 1.807) is 0 Å². The topological polar surface area (TPSA) is 169 Å². The van der Waals surface area contributed by atoms with Crippen molar-refractivity contribution in [2.75, 3.05) is 6.61 Å². The molecule has 0 fully saturated rings. The molecule has 2 atom stereocenters. The van der Waals surface area contributed by atoms with Gasteiger partial charge in [0.2, 0.25) is 5.78 Å². The zero-order chi connectivity index (χ0) is 14.2. The highest BCUT2D eigenvalue weighted by Crippen LogP contribution is 1.95. The first-order chi connectivity index (χ1) is 7.64. The van der Waals surface area contributed by atoms with Crippen molar-refractivity contribution in [3.8, 4) is 0 Å². The van der Waals surface area contributed by atoms with Gasteiger partial charge in [0, 0.05) is 6.92 Å². The highest BCUT2D eigenvalue weighted by molar-refractivity contribution is 6.62. The molecule has 0 heterocycles. The van der Waals surface area contributed by atoms with E-state index < -0.39 is 42.3 Å². The summed E-state index contributed by atoms with van der Waals surface area (Å²) >= 11 is 0. The Kier molecular flexibility index (Phi) is 8.60. The second-order valence-electron chi connectivity index (χ2n) is 2.71. The molecule has 5 N–H and O–H groups in total. The zero-order valence-corrected chi connectivity index (χ0v) is 8.73. The number of aliphatic hydroxyl groups is 3. The summed E-state index contributed by atoms with van der Waals surface area (Å²) in [6.07, 6.45) is -4.05. The third kappa shape index (κ3) is 8.02. The summed E-state index contributed by atoms with van der Waals surface area (Å²) in [4.78, 5) is 40.0. The Hall–Kier alpha value is -1.84. The molecule has 0 saturated heterocycles. The van der Waals surface area contributed by atoms with Crippen molar-refractivity contribution >= 4 is 23.5 Å². The second kappa shape index (κ2) is 8.33. The summed E-state index contributed by atoms with van der Waals surface area (Å²) in [5.74, 6) is -6.34. The number of aliphatic carboxylic acids is 2. The molecule has 0 aromatic rings. The summed E-state index contributed by atoms with van der Waals surface area (Å²) in [7, 11) is 0. The molecule has 9 heteroatoms. The third-order valence-electron chi connectivity index (χ3n) is 1.24. The molecule has 0 radical (unpaired) electrons. The summed E-state index contributed by atoms with van der Waals surface area (Å²) in [6, 6.07) is 0. The van der Waals surface area contributed by atoms with Crippen LogP contribution >= 0.6 is 0 Å². The molecule has 0 amide bonds. The number of ketones is 2. The minimum absolute atomic E-state index is 0.833. The number of Topliss-reactive ketones (excluding diaryl/α,β-unsaturated/α-hetero) is 2. The first-order valence-corrected chi connectivity index (χ1v) is 4.13. The molecule has 0 bridgehead atoms. The van der Waals surface area contributed by atoms with E-state index in [4.69, 9.17) is 30.3 Å². The van der Waals surface area contributed by atoms with Crippen molar-refractivity contribution in [1.29, 1.82) is 0 Å². The van der Waals surface area contributed by atoms with E-state index in [0.29, 0.717) is 0 Å². The molecule has 0 aromatic carbocycles. The summed E-state index contributed by atoms with van der Waals surface area (Å²) in [6.45, 7) is 0.139. The van der Waals surface area contributed by atoms with E-state index in [0.717, 1.165) is 6.92 Å². The van der Waals surface area contributed by atoms with E-state index in [-0.39, 0.29) is 0 Å². The predicted octanol–water partition coefficient (Wildman–Crippen LogP) is -2.99. The number of hydrogen-bond acceptors (Lipinski definition) is 7. The lowest BCUT2D eigenvalue weighted by Crippen LogP contribution is -2.42. The van der Waals surface area contributed by atoms with Gasteiger partial charge in [-0.15, -0.1) is 0 Å². The van der Waals surface area contributed by atoms with Gasteiger partial charge in [-0.3, -0.25) is 14.4 Å². The lowest BCUT2D eigenvalue weighted by atomic mass is 10.1. The summed E-state index contributed by atoms with van der Waals surface area (Å²) < 4.78 is 0. The SMILES string of the molecule is CC(=O)O.O=C(O)C(=O)C(=O)[C@H](O)[C@@H](O)CO. The molecule has 17 heavy (non-hydrogen) atoms. The highest BCUT2D eigenvalue weighted by Gasteiger charge is 2.32. The molecular formula is C8H12O9. The molecule has 0 aromatic heterocycles. The number of carboxylic acids is 2. The fraction of sp³-hybridized carbons (Fsp3) is 0.500. The Balaban J connectivity index is 0. The lowest BCUT2D eigenvalue weighted by Gasteiger charge is -2.11. The number of rotatable bonds is 5. The quantitative estimate of drug-likeness (QED) is 0.253. The van der Waals surface area contributed by atoms with Gasteiger partial charge in [-0.1, -0.05) is 0 Å². The Labute approximate surface area is 94.9 Å². The molecule has 0 unspecified atom stereocenters. The van der Waals surface area contributed by atoms with Gasteiger partial charge in [0.15, 0.2) is 0 Å². The standard InChI is InChI=1S/C6H8O7.C2H4O2/c7-1-2(8)3(9)4(10)5(11)6(12)13;1-2(3)4/h2-3,7-9H,1H2,(H,12,13);1H3,(H,3,4)/t2-,3+;/m0./s1. The van der Waals surface area contributed by atoms with Gasteiger partial charge in [-0.2, -0.15) is 0 Å². The molecule has 98 valence electrons. The maximum atomic E-state index is 10.6. The number of carbonyl (C=O) groups is 4. The molecule has 0 saturated carbocycles. The Bertz CT molecular complexity index is 304. The summed E-state index contributed by atoms with van der Waals surface area (Å²) in [5, 5.41) is 41.1. The average Bonchev–Trinajstić information content (AvgIpc) is 2.23. The fourth-order valence-electron chi connectivity index (χ4n) is 0.514. The van der Waals surface area contributed by atoms with Gasteiger partial charge in [0.25, 0.3) is 5.97 Å². The zero-order valence-electron chi connectivity index (χ0n) is 8.73. The number of carbonyl (C=O) groups excluding carboxylic acids is 2. The van der Waals surface area contributed by atoms with Gasteiger partial charge in [0.1, 0.15) is 12.2 Å². The van der Waals surface area contributed by atoms with Crippen LogP contribution in [0.3, 0.4) is 0 Å². The largest absolute Gasteiger partial charge is 0.481 e. The van der Waals surface area contributed by atoms with Crippen LogP contribution in [0.4, 0.5) is 0 Å². The predicted molar refractivity (Wildman–Crippen MR) is 50.1 cm³/mol. The first-order valence-electron chi connectivity index (χ1n) is 4.13. The van der Waals surface area contributed by atoms with Crippen LogP contribution in [0.15, 0.2) is 0 Å². The van der Waals surface area contributed by atoms with Crippen LogP contribution in [-0.4, -0.2) is 67.9 Å². The van der Waals surface area contributed by atoms with Crippen LogP contribution in [-0.2, 0) is 19.2 Å². The second-order valence-corrected chi connectivity index (χ2v) is 2.71. The maximum absolute atomic E-state index is 10.6. The van der Waals surface area contributed by atoms with Crippen molar-refractivity contribution in [2.24, 2.45) is 0 Å². The normalized spacial score (nSPS) is 12.7. The minimum Gasteiger partial charge on any atom is -0.481 e. The van der Waals surface area contributed by atoms with Crippen molar-refractivity contribution in [3.63, 3.8) is 0 Å². The number of hydrogen-bond donors (Lipinski definition) is 5. The van der Waals surface area contributed by atoms with Crippen LogP contribution in [0.5, 0.6) is 0 Å². The van der Waals surface area contributed by atoms with Crippen LogP contribution in [0.2, 0.25) is 0 Å². The molecule has 0 rings (SSSR count). The van der Waals surface area contributed by atoms with E-state index in [9.17, 15) is 14.4 Å². The number of aliphatic hydroxyl groups excluding tert-OH is 3. The van der Waals surface area contributed by atoms with Gasteiger partial charge in [-0.05, 0) is 0 Å². The van der Waals surface area contributed by atoms with Crippen molar-refractivity contribution in [2.45, 2.75) is 19.1 Å². The molecular weight excluding hydrogens is 240 g/mol. The van der Waals surface area contributed by atoms with Crippen LogP contribution in [0.1, 0.15) is 6.92 Å². The lowest BCUT2D eigenvalue weighted by molar-refractivity contribution is -0.157. The van der Waals surface area contributed by atoms with Crippen molar-refractivity contribution in [3.05, 3.63) is 0 Å². The van der Waals surface area contributed by atoms with E-state index in [1.165, 1.54) is 0 Å². The van der Waals surface area contributed by atoms with Gasteiger partial charge in [-0.25, -0.2) is 4.79 Å². The van der Waals surface area contributed by atoms with Crippen LogP contribution in [0, 0.1) is 0 Å². The Morgan fingerprint density at radius 1 is 1.06 bits per heavy atom. The summed E-state index contributed by atoms with van der Waals surface area (Å²) in [5.41, 5.74) is 0. The van der Waals surface area contributed by atoms with Crippen molar-refractivity contribution in [1.82, 2.24) is 0 Å². The smallest absolute Gasteiger partial charge is 0.380 e. The van der Waals surface area contributed by atoms with Gasteiger partial charge >= 0.3 is 11.8 Å². The van der Waals surface area contributed by atoms with Crippen molar-refractivity contribution < 1.29 is 44.7 Å². The Morgan fingerprint density at radius 2 is 1.41 bits per heavy atom. The molecule has 9 nitrogen and oxygen atoms in total. The van der Waals surface area contributed by atoms with E-state index in [1.807, 2.05) is 0 Å². The minimum atomic E-state index is -2.20. The monoisotopic (exact) mass is 252 g/mol. The van der Waals surface area contributed by atoms with Crippen LogP contribution in [0.25, 0.3) is 0 Å². The van der Waals surface area contributed by atoms with Gasteiger partial charge < -0.3 is 25.5 Å². The molecule has 0 aliphatic heterocycles. The molecule has 0 aliphatic carbocycles.